The van der Waals surface area contributed by atoms with E-state index in [1.165, 1.54) is 161 Å². The average molecular weight is 639 g/mol. The van der Waals surface area contributed by atoms with Gasteiger partial charge in [0, 0.05) is 6.42 Å². The summed E-state index contributed by atoms with van der Waals surface area (Å²) in [5, 5.41) is 0. The molecule has 0 fully saturated rings. The van der Waals surface area contributed by atoms with Gasteiger partial charge < -0.3 is 9.47 Å². The van der Waals surface area contributed by atoms with E-state index in [9.17, 15) is 9.59 Å². The minimum atomic E-state index is 0.00230. The molecule has 0 amide bonds. The van der Waals surface area contributed by atoms with Crippen LogP contribution < -0.4 is 0 Å². The normalized spacial score (nSPS) is 11.0. The first-order chi connectivity index (χ1) is 22.1. The largest absolute Gasteiger partial charge is 0.466 e. The maximum Gasteiger partial charge on any atom is 0.308 e. The molecule has 0 radical (unpaired) electrons. The fraction of sp³-hybridized carbons (Fsp3) is 0.951. The quantitative estimate of drug-likeness (QED) is 0.0520. The van der Waals surface area contributed by atoms with Crippen LogP contribution in [0.2, 0.25) is 0 Å². The van der Waals surface area contributed by atoms with Gasteiger partial charge in [-0.1, -0.05) is 195 Å². The van der Waals surface area contributed by atoms with Gasteiger partial charge in [0.05, 0.1) is 19.1 Å². The molecule has 4 nitrogen and oxygen atoms in total. The molecule has 0 aliphatic rings. The molecule has 0 spiro atoms. The van der Waals surface area contributed by atoms with Gasteiger partial charge in [-0.25, -0.2) is 0 Å². The number of carbonyl (C=O) groups excluding carboxylic acids is 2. The van der Waals surface area contributed by atoms with Crippen LogP contribution in [0, 0.1) is 5.92 Å². The molecule has 270 valence electrons. The predicted molar refractivity (Wildman–Crippen MR) is 197 cm³/mol. The van der Waals surface area contributed by atoms with Gasteiger partial charge in [0.2, 0.25) is 0 Å². The van der Waals surface area contributed by atoms with E-state index in [0.29, 0.717) is 19.6 Å². The lowest BCUT2D eigenvalue weighted by molar-refractivity contribution is -0.149. The van der Waals surface area contributed by atoms with Gasteiger partial charge in [0.1, 0.15) is 0 Å². The van der Waals surface area contributed by atoms with E-state index in [2.05, 4.69) is 34.6 Å². The van der Waals surface area contributed by atoms with Crippen molar-refractivity contribution in [1.29, 1.82) is 0 Å². The second kappa shape index (κ2) is 41.0. The fourth-order valence-electron chi connectivity index (χ4n) is 5.73. The molecule has 0 rings (SSSR count). The van der Waals surface area contributed by atoms with Crippen molar-refractivity contribution in [3.05, 3.63) is 0 Å². The van der Waals surface area contributed by atoms with Gasteiger partial charge in [0.15, 0.2) is 0 Å². The number of rotatable bonds is 34. The number of ether oxygens (including phenoxy) is 2. The maximum absolute atomic E-state index is 12.5. The lowest BCUT2D eigenvalue weighted by atomic mass is 9.94. The highest BCUT2D eigenvalue weighted by atomic mass is 16.5. The zero-order valence-corrected chi connectivity index (χ0v) is 31.5. The Kier molecular flexibility index (Phi) is 41.9. The second-order valence-corrected chi connectivity index (χ2v) is 13.5. The molecule has 0 saturated heterocycles. The number of hydrogen-bond acceptors (Lipinski definition) is 4. The Morgan fingerprint density at radius 1 is 0.378 bits per heavy atom. The van der Waals surface area contributed by atoms with Crippen LogP contribution in [0.25, 0.3) is 0 Å². The summed E-state index contributed by atoms with van der Waals surface area (Å²) in [6.45, 7) is 12.4. The zero-order chi connectivity index (χ0) is 33.5. The van der Waals surface area contributed by atoms with Crippen molar-refractivity contribution in [2.45, 2.75) is 234 Å². The van der Waals surface area contributed by atoms with Gasteiger partial charge in [-0.3, -0.25) is 9.59 Å². The van der Waals surface area contributed by atoms with Crippen LogP contribution in [0.1, 0.15) is 234 Å². The van der Waals surface area contributed by atoms with E-state index in [0.717, 1.165) is 32.1 Å². The van der Waals surface area contributed by atoms with Gasteiger partial charge in [0.25, 0.3) is 0 Å². The van der Waals surface area contributed by atoms with Crippen molar-refractivity contribution in [3.8, 4) is 0 Å². The second-order valence-electron chi connectivity index (χ2n) is 13.5. The summed E-state index contributed by atoms with van der Waals surface area (Å²) in [7, 11) is 0. The fourth-order valence-corrected chi connectivity index (χ4v) is 5.73. The summed E-state index contributed by atoms with van der Waals surface area (Å²) in [4.78, 5) is 23.9. The smallest absolute Gasteiger partial charge is 0.308 e. The Morgan fingerprint density at radius 2 is 0.689 bits per heavy atom. The van der Waals surface area contributed by atoms with Crippen LogP contribution >= 0.6 is 0 Å². The van der Waals surface area contributed by atoms with Gasteiger partial charge in [-0.15, -0.1) is 0 Å². The standard InChI is InChI=1S/C24H48O2.C17H34O2/c1-4-7-10-13-14-15-16-19-22-26-24(25)23(20-17-11-8-5-2)21-18-12-9-6-3;1-3-5-7-9-10-12-14-16-19-17(18)15-13-11-8-6-4-2/h23H,4-22H2,1-3H3;3-16H2,1-2H3. The Balaban J connectivity index is 0. The van der Waals surface area contributed by atoms with E-state index in [1.807, 2.05) is 0 Å². The molecule has 0 bridgehead atoms. The molecule has 0 aromatic carbocycles. The lowest BCUT2D eigenvalue weighted by Gasteiger charge is -2.16. The van der Waals surface area contributed by atoms with E-state index < -0.39 is 0 Å². The Labute approximate surface area is 283 Å². The molecule has 0 saturated carbocycles. The lowest BCUT2D eigenvalue weighted by Crippen LogP contribution is -2.18. The van der Waals surface area contributed by atoms with Crippen molar-refractivity contribution >= 4 is 11.9 Å². The van der Waals surface area contributed by atoms with Crippen LogP contribution in [-0.2, 0) is 19.1 Å². The van der Waals surface area contributed by atoms with Gasteiger partial charge >= 0.3 is 11.9 Å². The average Bonchev–Trinajstić information content (AvgIpc) is 3.04. The first-order valence-corrected chi connectivity index (χ1v) is 20.4. The number of hydrogen-bond donors (Lipinski definition) is 0. The first-order valence-electron chi connectivity index (χ1n) is 20.4. The van der Waals surface area contributed by atoms with Crippen molar-refractivity contribution in [1.82, 2.24) is 0 Å². The third-order valence-electron chi connectivity index (χ3n) is 8.88. The minimum Gasteiger partial charge on any atom is -0.466 e. The first kappa shape index (κ1) is 46.1. The molecule has 4 heteroatoms. The molecule has 0 aromatic heterocycles. The van der Waals surface area contributed by atoms with Crippen LogP contribution in [0.15, 0.2) is 0 Å². The third-order valence-corrected chi connectivity index (χ3v) is 8.88. The molecule has 0 aliphatic carbocycles. The van der Waals surface area contributed by atoms with E-state index in [4.69, 9.17) is 9.47 Å². The summed E-state index contributed by atoms with van der Waals surface area (Å²) in [6, 6.07) is 0. The van der Waals surface area contributed by atoms with Crippen molar-refractivity contribution in [2.24, 2.45) is 5.92 Å². The third kappa shape index (κ3) is 39.0. The van der Waals surface area contributed by atoms with Crippen molar-refractivity contribution in [3.63, 3.8) is 0 Å². The summed E-state index contributed by atoms with van der Waals surface area (Å²) in [5.41, 5.74) is 0. The summed E-state index contributed by atoms with van der Waals surface area (Å²) in [5.74, 6) is 0.237. The highest BCUT2D eigenvalue weighted by Gasteiger charge is 2.19. The minimum absolute atomic E-state index is 0.00230. The molecular formula is C41H82O4. The zero-order valence-electron chi connectivity index (χ0n) is 31.5. The van der Waals surface area contributed by atoms with E-state index in [1.54, 1.807) is 0 Å². The predicted octanol–water partition coefficient (Wildman–Crippen LogP) is 13.9. The highest BCUT2D eigenvalue weighted by Crippen LogP contribution is 2.20. The van der Waals surface area contributed by atoms with Gasteiger partial charge in [-0.05, 0) is 32.1 Å². The Morgan fingerprint density at radius 3 is 1.09 bits per heavy atom. The molecule has 0 atom stereocenters. The SMILES string of the molecule is CCCCCCCCCCOC(=O)C(CCCCCC)CCCCCC.CCCCCCCCCOC(=O)CCCCCCC. The van der Waals surface area contributed by atoms with Crippen molar-refractivity contribution in [2.75, 3.05) is 13.2 Å². The van der Waals surface area contributed by atoms with Crippen molar-refractivity contribution < 1.29 is 19.1 Å². The number of unbranched alkanes of at least 4 members (excludes halogenated alkanes) is 23. The van der Waals surface area contributed by atoms with Gasteiger partial charge in [-0.2, -0.15) is 0 Å². The molecule has 0 unspecified atom stereocenters. The van der Waals surface area contributed by atoms with Crippen LogP contribution in [0.4, 0.5) is 0 Å². The number of carbonyl (C=O) groups is 2. The highest BCUT2D eigenvalue weighted by molar-refractivity contribution is 5.72. The Bertz CT molecular complexity index is 564. The molecule has 0 heterocycles. The molecular weight excluding hydrogens is 556 g/mol. The molecule has 0 aliphatic heterocycles. The molecule has 0 aromatic rings. The molecule has 0 N–H and O–H groups in total. The molecule has 45 heavy (non-hydrogen) atoms. The summed E-state index contributed by atoms with van der Waals surface area (Å²) < 4.78 is 10.9. The van der Waals surface area contributed by atoms with Crippen LogP contribution in [0.5, 0.6) is 0 Å². The number of esters is 2. The summed E-state index contributed by atoms with van der Waals surface area (Å²) >= 11 is 0. The van der Waals surface area contributed by atoms with Crippen LogP contribution in [-0.4, -0.2) is 25.2 Å². The summed E-state index contributed by atoms with van der Waals surface area (Å²) in [6.07, 6.45) is 37.8. The monoisotopic (exact) mass is 639 g/mol. The maximum atomic E-state index is 12.5. The van der Waals surface area contributed by atoms with Crippen LogP contribution in [0.3, 0.4) is 0 Å². The topological polar surface area (TPSA) is 52.6 Å². The van der Waals surface area contributed by atoms with E-state index >= 15 is 0 Å². The Hall–Kier alpha value is -1.06. The van der Waals surface area contributed by atoms with E-state index in [-0.39, 0.29) is 17.9 Å².